The molecule has 8 heteroatoms. The van der Waals surface area contributed by atoms with Crippen LogP contribution in [0.5, 0.6) is 0 Å². The second-order valence-corrected chi connectivity index (χ2v) is 8.93. The molecule has 4 aromatic rings. The molecule has 0 atom stereocenters. The molecule has 0 saturated heterocycles. The van der Waals surface area contributed by atoms with Gasteiger partial charge in [-0.1, -0.05) is 35.5 Å². The molecule has 0 N–H and O–H groups in total. The van der Waals surface area contributed by atoms with Gasteiger partial charge in [-0.2, -0.15) is 0 Å². The van der Waals surface area contributed by atoms with E-state index in [1.807, 2.05) is 62.4 Å². The number of hydrogen-bond acceptors (Lipinski definition) is 6. The molecule has 2 aromatic heterocycles. The maximum absolute atomic E-state index is 13.1. The van der Waals surface area contributed by atoms with Crippen LogP contribution < -0.4 is 5.56 Å². The summed E-state index contributed by atoms with van der Waals surface area (Å²) < 4.78 is 13.3. The third-order valence-corrected chi connectivity index (χ3v) is 6.02. The number of halogens is 1. The van der Waals surface area contributed by atoms with Crippen LogP contribution in [0.1, 0.15) is 26.2 Å². The molecule has 6 nitrogen and oxygen atoms in total. The van der Waals surface area contributed by atoms with Crippen LogP contribution in [0.25, 0.3) is 22.2 Å². The Balaban J connectivity index is 1.54. The maximum Gasteiger partial charge on any atom is 0.262 e. The molecule has 2 heterocycles. The van der Waals surface area contributed by atoms with Crippen LogP contribution in [-0.2, 0) is 17.0 Å². The molecule has 4 rings (SSSR count). The lowest BCUT2D eigenvalue weighted by molar-refractivity contribution is 0.0743. The fourth-order valence-corrected chi connectivity index (χ4v) is 4.25. The first-order chi connectivity index (χ1) is 15.5. The summed E-state index contributed by atoms with van der Waals surface area (Å²) in [6, 6.07) is 14.8. The predicted molar refractivity (Wildman–Crippen MR) is 128 cm³/mol. The van der Waals surface area contributed by atoms with E-state index in [1.54, 1.807) is 10.8 Å². The van der Waals surface area contributed by atoms with E-state index >= 15 is 0 Å². The lowest BCUT2D eigenvalue weighted by atomic mass is 10.2. The summed E-state index contributed by atoms with van der Waals surface area (Å²) in [6.45, 7) is 5.12. The highest BCUT2D eigenvalue weighted by Gasteiger charge is 2.14. The van der Waals surface area contributed by atoms with Crippen LogP contribution >= 0.6 is 23.4 Å². The molecule has 0 spiro atoms. The number of thioether (sulfide) groups is 1. The SMILES string of the molecule is CC(C)OCCCn1c(SCc2ncc(-c3ccc(Cl)cc3)o2)nc2ccccc2c1=O. The molecule has 166 valence electrons. The summed E-state index contributed by atoms with van der Waals surface area (Å²) in [4.78, 5) is 22.2. The van der Waals surface area contributed by atoms with Crippen LogP contribution in [0.15, 0.2) is 69.1 Å². The quantitative estimate of drug-likeness (QED) is 0.175. The molecule has 32 heavy (non-hydrogen) atoms. The second-order valence-electron chi connectivity index (χ2n) is 7.56. The van der Waals surface area contributed by atoms with E-state index in [0.717, 1.165) is 12.0 Å². The van der Waals surface area contributed by atoms with Crippen molar-refractivity contribution >= 4 is 34.3 Å². The van der Waals surface area contributed by atoms with Gasteiger partial charge in [-0.3, -0.25) is 9.36 Å². The molecule has 0 aliphatic heterocycles. The first kappa shape index (κ1) is 22.6. The van der Waals surface area contributed by atoms with Crippen LogP contribution in [0.4, 0.5) is 0 Å². The predicted octanol–water partition coefficient (Wildman–Crippen LogP) is 5.81. The molecule has 0 amide bonds. The van der Waals surface area contributed by atoms with Gasteiger partial charge in [-0.05, 0) is 56.7 Å². The maximum atomic E-state index is 13.1. The number of para-hydroxylation sites is 1. The Bertz CT molecular complexity index is 1250. The molecule has 0 radical (unpaired) electrons. The standard InChI is InChI=1S/C24H24ClN3O3S/c1-16(2)30-13-5-12-28-23(29)19-6-3-4-7-20(19)27-24(28)32-15-22-26-14-21(31-22)17-8-10-18(25)11-9-17/h3-4,6-11,14,16H,5,12-13,15H2,1-2H3. The van der Waals surface area contributed by atoms with Gasteiger partial charge in [0.15, 0.2) is 10.9 Å². The fourth-order valence-electron chi connectivity index (χ4n) is 3.25. The van der Waals surface area contributed by atoms with Gasteiger partial charge in [0, 0.05) is 23.7 Å². The van der Waals surface area contributed by atoms with Gasteiger partial charge in [0.05, 0.1) is 29.0 Å². The van der Waals surface area contributed by atoms with E-state index < -0.39 is 0 Å². The van der Waals surface area contributed by atoms with E-state index in [2.05, 4.69) is 4.98 Å². The summed E-state index contributed by atoms with van der Waals surface area (Å²) in [5.41, 5.74) is 1.55. The number of hydrogen-bond donors (Lipinski definition) is 0. The zero-order valence-corrected chi connectivity index (χ0v) is 19.5. The van der Waals surface area contributed by atoms with Crippen molar-refractivity contribution in [3.63, 3.8) is 0 Å². The number of ether oxygens (including phenoxy) is 1. The van der Waals surface area contributed by atoms with Crippen molar-refractivity contribution in [3.05, 3.63) is 76.0 Å². The minimum Gasteiger partial charge on any atom is -0.440 e. The Morgan fingerprint density at radius 1 is 1.16 bits per heavy atom. The van der Waals surface area contributed by atoms with Crippen LogP contribution in [-0.4, -0.2) is 27.2 Å². The van der Waals surface area contributed by atoms with Crippen molar-refractivity contribution in [1.29, 1.82) is 0 Å². The topological polar surface area (TPSA) is 70.2 Å². The normalized spacial score (nSPS) is 11.5. The highest BCUT2D eigenvalue weighted by Crippen LogP contribution is 2.26. The van der Waals surface area contributed by atoms with Crippen LogP contribution in [0.2, 0.25) is 5.02 Å². The first-order valence-electron chi connectivity index (χ1n) is 10.5. The van der Waals surface area contributed by atoms with Gasteiger partial charge >= 0.3 is 0 Å². The largest absolute Gasteiger partial charge is 0.440 e. The van der Waals surface area contributed by atoms with E-state index in [-0.39, 0.29) is 11.7 Å². The Morgan fingerprint density at radius 2 is 1.94 bits per heavy atom. The number of oxazole rings is 1. The number of fused-ring (bicyclic) bond motifs is 1. The zero-order chi connectivity index (χ0) is 22.5. The molecule has 2 aromatic carbocycles. The molecule has 0 fully saturated rings. The van der Waals surface area contributed by atoms with Gasteiger partial charge in [0.25, 0.3) is 5.56 Å². The second kappa shape index (κ2) is 10.3. The Labute approximate surface area is 195 Å². The minimum atomic E-state index is -0.0445. The van der Waals surface area contributed by atoms with Crippen molar-refractivity contribution in [3.8, 4) is 11.3 Å². The van der Waals surface area contributed by atoms with E-state index in [4.69, 9.17) is 25.7 Å². The molecule has 0 aliphatic rings. The van der Waals surface area contributed by atoms with Crippen LogP contribution in [0.3, 0.4) is 0 Å². The van der Waals surface area contributed by atoms with Gasteiger partial charge < -0.3 is 9.15 Å². The van der Waals surface area contributed by atoms with Gasteiger partial charge in [0.1, 0.15) is 0 Å². The molecular formula is C24H24ClN3O3S. The molecular weight excluding hydrogens is 446 g/mol. The first-order valence-corrected chi connectivity index (χ1v) is 11.8. The average Bonchev–Trinajstić information content (AvgIpc) is 3.26. The Kier molecular flexibility index (Phi) is 7.29. The number of nitrogens with zero attached hydrogens (tertiary/aromatic N) is 3. The highest BCUT2D eigenvalue weighted by atomic mass is 35.5. The minimum absolute atomic E-state index is 0.0445. The lowest BCUT2D eigenvalue weighted by Crippen LogP contribution is -2.24. The molecule has 0 aliphatic carbocycles. The van der Waals surface area contributed by atoms with E-state index in [1.165, 1.54) is 11.8 Å². The van der Waals surface area contributed by atoms with E-state index in [0.29, 0.717) is 51.6 Å². The average molecular weight is 470 g/mol. The smallest absolute Gasteiger partial charge is 0.262 e. The Morgan fingerprint density at radius 3 is 2.72 bits per heavy atom. The fraction of sp³-hybridized carbons (Fsp3) is 0.292. The summed E-state index contributed by atoms with van der Waals surface area (Å²) >= 11 is 7.40. The lowest BCUT2D eigenvalue weighted by Gasteiger charge is -2.13. The molecule has 0 bridgehead atoms. The third kappa shape index (κ3) is 5.41. The summed E-state index contributed by atoms with van der Waals surface area (Å²) in [5.74, 6) is 1.70. The van der Waals surface area contributed by atoms with Crippen molar-refractivity contribution in [2.24, 2.45) is 0 Å². The van der Waals surface area contributed by atoms with Gasteiger partial charge in [-0.25, -0.2) is 9.97 Å². The highest BCUT2D eigenvalue weighted by molar-refractivity contribution is 7.98. The number of benzene rings is 2. The van der Waals surface area contributed by atoms with Crippen molar-refractivity contribution < 1.29 is 9.15 Å². The Hall–Kier alpha value is -2.61. The van der Waals surface area contributed by atoms with Crippen molar-refractivity contribution in [2.75, 3.05) is 6.61 Å². The summed E-state index contributed by atoms with van der Waals surface area (Å²) in [6.07, 6.45) is 2.59. The monoisotopic (exact) mass is 469 g/mol. The molecule has 0 unspecified atom stereocenters. The molecule has 0 saturated carbocycles. The van der Waals surface area contributed by atoms with Gasteiger partial charge in [-0.15, -0.1) is 0 Å². The zero-order valence-electron chi connectivity index (χ0n) is 18.0. The summed E-state index contributed by atoms with van der Waals surface area (Å²) in [7, 11) is 0. The number of aromatic nitrogens is 3. The van der Waals surface area contributed by atoms with E-state index in [9.17, 15) is 4.79 Å². The van der Waals surface area contributed by atoms with Crippen molar-refractivity contribution in [2.45, 2.75) is 43.8 Å². The number of rotatable bonds is 9. The van der Waals surface area contributed by atoms with Crippen molar-refractivity contribution in [1.82, 2.24) is 14.5 Å². The summed E-state index contributed by atoms with van der Waals surface area (Å²) in [5, 5.41) is 1.93. The van der Waals surface area contributed by atoms with Crippen LogP contribution in [0, 0.1) is 0 Å². The van der Waals surface area contributed by atoms with Gasteiger partial charge in [0.2, 0.25) is 5.89 Å². The third-order valence-electron chi connectivity index (χ3n) is 4.81.